The molecule has 2 fully saturated rings. The third-order valence-corrected chi connectivity index (χ3v) is 7.00. The van der Waals surface area contributed by atoms with E-state index in [2.05, 4.69) is 0 Å². The van der Waals surface area contributed by atoms with E-state index in [0.29, 0.717) is 42.4 Å². The molecule has 0 bridgehead atoms. The summed E-state index contributed by atoms with van der Waals surface area (Å²) in [6.07, 6.45) is 2.16. The maximum atomic E-state index is 13.4. The van der Waals surface area contributed by atoms with Crippen LogP contribution in [-0.4, -0.2) is 77.4 Å². The summed E-state index contributed by atoms with van der Waals surface area (Å²) < 4.78 is 45.7. The minimum atomic E-state index is -3.13. The first-order chi connectivity index (χ1) is 13.4. The Morgan fingerprint density at radius 2 is 1.82 bits per heavy atom. The second-order valence-corrected chi connectivity index (χ2v) is 9.29. The number of amides is 1. The number of carbonyl (C=O) groups excluding carboxylic acids is 1. The fraction of sp³-hybridized carbons (Fsp3) is 0.632. The summed E-state index contributed by atoms with van der Waals surface area (Å²) in [6, 6.07) is 2.83. The van der Waals surface area contributed by atoms with Gasteiger partial charge in [-0.15, -0.1) is 0 Å². The third kappa shape index (κ3) is 4.35. The number of sulfone groups is 1. The van der Waals surface area contributed by atoms with Gasteiger partial charge in [0.15, 0.2) is 21.3 Å². The standard InChI is InChI=1S/C19H27NO7S/c1-24-16-9-13(10-17(25-2)18(16)26-3)19(21)20(11-15-5-4-7-27-15)14-6-8-28(22,23)12-14/h9-10,14-15H,4-8,11-12H2,1-3H3/t14-,15+/m0/s1. The molecule has 28 heavy (non-hydrogen) atoms. The second-order valence-electron chi connectivity index (χ2n) is 7.06. The topological polar surface area (TPSA) is 91.4 Å². The maximum Gasteiger partial charge on any atom is 0.254 e. The molecule has 1 aromatic rings. The van der Waals surface area contributed by atoms with Crippen molar-refractivity contribution in [3.63, 3.8) is 0 Å². The number of hydrogen-bond donors (Lipinski definition) is 0. The van der Waals surface area contributed by atoms with Crippen molar-refractivity contribution in [2.24, 2.45) is 0 Å². The Balaban J connectivity index is 1.94. The molecule has 9 heteroatoms. The number of ether oxygens (including phenoxy) is 4. The smallest absolute Gasteiger partial charge is 0.254 e. The highest BCUT2D eigenvalue weighted by Gasteiger charge is 2.37. The first-order valence-corrected chi connectivity index (χ1v) is 11.1. The molecular weight excluding hydrogens is 386 g/mol. The van der Waals surface area contributed by atoms with Crippen LogP contribution in [0, 0.1) is 0 Å². The van der Waals surface area contributed by atoms with Gasteiger partial charge in [0.25, 0.3) is 5.91 Å². The van der Waals surface area contributed by atoms with E-state index in [1.807, 2.05) is 0 Å². The number of methoxy groups -OCH3 is 3. The molecule has 0 N–H and O–H groups in total. The fourth-order valence-corrected chi connectivity index (χ4v) is 5.53. The number of carbonyl (C=O) groups is 1. The number of hydrogen-bond acceptors (Lipinski definition) is 7. The SMILES string of the molecule is COc1cc(C(=O)N(C[C@H]2CCCO2)[C@H]2CCS(=O)(=O)C2)cc(OC)c1OC. The van der Waals surface area contributed by atoms with Gasteiger partial charge in [0.1, 0.15) is 0 Å². The molecular formula is C19H27NO7S. The van der Waals surface area contributed by atoms with E-state index in [1.54, 1.807) is 17.0 Å². The molecule has 0 aromatic heterocycles. The van der Waals surface area contributed by atoms with E-state index in [4.69, 9.17) is 18.9 Å². The molecule has 0 aliphatic carbocycles. The lowest BCUT2D eigenvalue weighted by Crippen LogP contribution is -2.45. The molecule has 2 atom stereocenters. The highest BCUT2D eigenvalue weighted by Crippen LogP contribution is 2.39. The number of benzene rings is 1. The fourth-order valence-electron chi connectivity index (χ4n) is 3.80. The Kier molecular flexibility index (Phi) is 6.34. The maximum absolute atomic E-state index is 13.4. The molecule has 2 aliphatic heterocycles. The van der Waals surface area contributed by atoms with Gasteiger partial charge in [-0.3, -0.25) is 4.79 Å². The van der Waals surface area contributed by atoms with Crippen LogP contribution >= 0.6 is 0 Å². The molecule has 0 radical (unpaired) electrons. The summed E-state index contributed by atoms with van der Waals surface area (Å²) in [5.41, 5.74) is 0.358. The van der Waals surface area contributed by atoms with Crippen molar-refractivity contribution in [1.29, 1.82) is 0 Å². The van der Waals surface area contributed by atoms with Crippen molar-refractivity contribution < 1.29 is 32.2 Å². The Morgan fingerprint density at radius 3 is 2.29 bits per heavy atom. The normalized spacial score (nSPS) is 23.4. The van der Waals surface area contributed by atoms with E-state index >= 15 is 0 Å². The Morgan fingerprint density at radius 1 is 1.14 bits per heavy atom. The highest BCUT2D eigenvalue weighted by atomic mass is 32.2. The zero-order chi connectivity index (χ0) is 20.3. The lowest BCUT2D eigenvalue weighted by Gasteiger charge is -2.31. The van der Waals surface area contributed by atoms with Crippen LogP contribution in [0.4, 0.5) is 0 Å². The van der Waals surface area contributed by atoms with Crippen LogP contribution in [0.3, 0.4) is 0 Å². The van der Waals surface area contributed by atoms with Crippen LogP contribution in [0.25, 0.3) is 0 Å². The van der Waals surface area contributed by atoms with E-state index in [-0.39, 0.29) is 29.6 Å². The third-order valence-electron chi connectivity index (χ3n) is 5.25. The summed E-state index contributed by atoms with van der Waals surface area (Å²) in [5, 5.41) is 0. The summed E-state index contributed by atoms with van der Waals surface area (Å²) in [5.74, 6) is 0.966. The zero-order valence-electron chi connectivity index (χ0n) is 16.5. The van der Waals surface area contributed by atoms with Crippen molar-refractivity contribution in [1.82, 2.24) is 4.90 Å². The molecule has 156 valence electrons. The van der Waals surface area contributed by atoms with Gasteiger partial charge in [0, 0.05) is 24.8 Å². The van der Waals surface area contributed by atoms with Gasteiger partial charge in [-0.05, 0) is 31.4 Å². The average molecular weight is 413 g/mol. The summed E-state index contributed by atoms with van der Waals surface area (Å²) in [4.78, 5) is 15.0. The van der Waals surface area contributed by atoms with Crippen LogP contribution in [-0.2, 0) is 14.6 Å². The van der Waals surface area contributed by atoms with E-state index in [0.717, 1.165) is 12.8 Å². The van der Waals surface area contributed by atoms with Gasteiger partial charge < -0.3 is 23.8 Å². The number of rotatable bonds is 7. The van der Waals surface area contributed by atoms with Crippen LogP contribution in [0.15, 0.2) is 12.1 Å². The van der Waals surface area contributed by atoms with Gasteiger partial charge in [0.2, 0.25) is 5.75 Å². The molecule has 0 unspecified atom stereocenters. The molecule has 2 heterocycles. The van der Waals surface area contributed by atoms with Crippen molar-refractivity contribution in [3.05, 3.63) is 17.7 Å². The molecule has 8 nitrogen and oxygen atoms in total. The van der Waals surface area contributed by atoms with E-state index in [9.17, 15) is 13.2 Å². The minimum absolute atomic E-state index is 0.0180. The Hall–Kier alpha value is -2.00. The molecule has 1 aromatic carbocycles. The lowest BCUT2D eigenvalue weighted by atomic mass is 10.1. The zero-order valence-corrected chi connectivity index (χ0v) is 17.3. The summed E-state index contributed by atoms with van der Waals surface area (Å²) in [7, 11) is 1.34. The second kappa shape index (κ2) is 8.57. The van der Waals surface area contributed by atoms with Gasteiger partial charge in [0.05, 0.1) is 38.9 Å². The summed E-state index contributed by atoms with van der Waals surface area (Å²) >= 11 is 0. The predicted octanol–water partition coefficient (Wildman–Crippen LogP) is 1.52. The van der Waals surface area contributed by atoms with Crippen LogP contribution < -0.4 is 14.2 Å². The molecule has 2 aliphatic rings. The lowest BCUT2D eigenvalue weighted by molar-refractivity contribution is 0.0441. The quantitative estimate of drug-likeness (QED) is 0.669. The van der Waals surface area contributed by atoms with Crippen molar-refractivity contribution >= 4 is 15.7 Å². The van der Waals surface area contributed by atoms with Crippen LogP contribution in [0.1, 0.15) is 29.6 Å². The molecule has 2 saturated heterocycles. The molecule has 1 amide bonds. The van der Waals surface area contributed by atoms with Crippen LogP contribution in [0.2, 0.25) is 0 Å². The minimum Gasteiger partial charge on any atom is -0.493 e. The average Bonchev–Trinajstić information content (AvgIpc) is 3.33. The van der Waals surface area contributed by atoms with Crippen LogP contribution in [0.5, 0.6) is 17.2 Å². The predicted molar refractivity (Wildman–Crippen MR) is 103 cm³/mol. The Bertz CT molecular complexity index is 793. The monoisotopic (exact) mass is 413 g/mol. The largest absolute Gasteiger partial charge is 0.493 e. The van der Waals surface area contributed by atoms with E-state index < -0.39 is 9.84 Å². The van der Waals surface area contributed by atoms with Gasteiger partial charge in [-0.2, -0.15) is 0 Å². The highest BCUT2D eigenvalue weighted by molar-refractivity contribution is 7.91. The van der Waals surface area contributed by atoms with Gasteiger partial charge >= 0.3 is 0 Å². The van der Waals surface area contributed by atoms with Gasteiger partial charge in [-0.25, -0.2) is 8.42 Å². The number of nitrogens with zero attached hydrogens (tertiary/aromatic N) is 1. The first-order valence-electron chi connectivity index (χ1n) is 9.31. The Labute approximate surface area is 165 Å². The molecule has 0 spiro atoms. The first kappa shape index (κ1) is 20.7. The van der Waals surface area contributed by atoms with E-state index in [1.165, 1.54) is 21.3 Å². The van der Waals surface area contributed by atoms with Crippen molar-refractivity contribution in [3.8, 4) is 17.2 Å². The van der Waals surface area contributed by atoms with Gasteiger partial charge in [-0.1, -0.05) is 0 Å². The molecule has 0 saturated carbocycles. The van der Waals surface area contributed by atoms with Crippen molar-refractivity contribution in [2.75, 3.05) is 46.0 Å². The van der Waals surface area contributed by atoms with Crippen molar-refractivity contribution in [2.45, 2.75) is 31.4 Å². The summed E-state index contributed by atoms with van der Waals surface area (Å²) in [6.45, 7) is 1.04. The molecule has 3 rings (SSSR count).